The predicted molar refractivity (Wildman–Crippen MR) is 109 cm³/mol. The SMILES string of the molecule is CN=C(NCCc1c[nH]c2ccc(F)cc12)NC1CCCCC1.I. The van der Waals surface area contributed by atoms with E-state index in [2.05, 4.69) is 20.6 Å². The Morgan fingerprint density at radius 2 is 2.08 bits per heavy atom. The van der Waals surface area contributed by atoms with Gasteiger partial charge >= 0.3 is 0 Å². The Kier molecular flexibility index (Phi) is 7.33. The lowest BCUT2D eigenvalue weighted by atomic mass is 9.96. The maximum Gasteiger partial charge on any atom is 0.191 e. The van der Waals surface area contributed by atoms with Gasteiger partial charge in [0.15, 0.2) is 5.96 Å². The lowest BCUT2D eigenvalue weighted by molar-refractivity contribution is 0.410. The molecule has 0 atom stereocenters. The van der Waals surface area contributed by atoms with Gasteiger partial charge in [0.05, 0.1) is 0 Å². The van der Waals surface area contributed by atoms with Gasteiger partial charge in [-0.15, -0.1) is 24.0 Å². The van der Waals surface area contributed by atoms with E-state index in [0.29, 0.717) is 6.04 Å². The summed E-state index contributed by atoms with van der Waals surface area (Å²) in [5, 5.41) is 7.83. The second-order valence-corrected chi connectivity index (χ2v) is 6.23. The van der Waals surface area contributed by atoms with Gasteiger partial charge in [0, 0.05) is 36.7 Å². The zero-order chi connectivity index (χ0) is 16.1. The summed E-state index contributed by atoms with van der Waals surface area (Å²) in [5.41, 5.74) is 2.10. The molecule has 0 spiro atoms. The topological polar surface area (TPSA) is 52.2 Å². The van der Waals surface area contributed by atoms with Gasteiger partial charge in [0.25, 0.3) is 0 Å². The summed E-state index contributed by atoms with van der Waals surface area (Å²) in [4.78, 5) is 7.50. The van der Waals surface area contributed by atoms with Crippen molar-refractivity contribution in [2.24, 2.45) is 4.99 Å². The fraction of sp³-hybridized carbons (Fsp3) is 0.500. The van der Waals surface area contributed by atoms with Crippen molar-refractivity contribution < 1.29 is 4.39 Å². The highest BCUT2D eigenvalue weighted by Gasteiger charge is 2.14. The minimum Gasteiger partial charge on any atom is -0.361 e. The van der Waals surface area contributed by atoms with E-state index in [1.165, 1.54) is 38.2 Å². The minimum absolute atomic E-state index is 0. The van der Waals surface area contributed by atoms with Crippen LogP contribution in [0, 0.1) is 5.82 Å². The van der Waals surface area contributed by atoms with E-state index in [1.54, 1.807) is 19.2 Å². The highest BCUT2D eigenvalue weighted by Crippen LogP contribution is 2.20. The number of rotatable bonds is 4. The van der Waals surface area contributed by atoms with Crippen LogP contribution >= 0.6 is 24.0 Å². The van der Waals surface area contributed by atoms with Gasteiger partial charge in [-0.3, -0.25) is 4.99 Å². The molecule has 1 saturated carbocycles. The molecule has 0 radical (unpaired) electrons. The zero-order valence-electron chi connectivity index (χ0n) is 14.1. The molecule has 2 aromatic rings. The summed E-state index contributed by atoms with van der Waals surface area (Å²) < 4.78 is 13.4. The van der Waals surface area contributed by atoms with Crippen molar-refractivity contribution in [2.75, 3.05) is 13.6 Å². The largest absolute Gasteiger partial charge is 0.361 e. The monoisotopic (exact) mass is 444 g/mol. The van der Waals surface area contributed by atoms with Crippen molar-refractivity contribution in [1.29, 1.82) is 0 Å². The van der Waals surface area contributed by atoms with Gasteiger partial charge < -0.3 is 15.6 Å². The number of benzene rings is 1. The second kappa shape index (κ2) is 9.25. The first-order chi connectivity index (χ1) is 11.3. The van der Waals surface area contributed by atoms with Crippen LogP contribution in [-0.4, -0.2) is 30.6 Å². The molecule has 3 rings (SSSR count). The van der Waals surface area contributed by atoms with E-state index in [0.717, 1.165) is 35.4 Å². The highest BCUT2D eigenvalue weighted by atomic mass is 127. The van der Waals surface area contributed by atoms with E-state index in [-0.39, 0.29) is 29.8 Å². The van der Waals surface area contributed by atoms with Gasteiger partial charge in [-0.05, 0) is 43.0 Å². The van der Waals surface area contributed by atoms with E-state index in [1.807, 2.05) is 6.20 Å². The molecule has 0 saturated heterocycles. The Bertz CT molecular complexity index is 677. The van der Waals surface area contributed by atoms with Gasteiger partial charge in [-0.1, -0.05) is 19.3 Å². The number of hydrogen-bond acceptors (Lipinski definition) is 1. The molecule has 1 aliphatic rings. The Balaban J connectivity index is 0.00000208. The number of nitrogens with one attached hydrogen (secondary N) is 3. The number of hydrogen-bond donors (Lipinski definition) is 3. The van der Waals surface area contributed by atoms with E-state index >= 15 is 0 Å². The molecule has 1 aliphatic carbocycles. The number of aromatic nitrogens is 1. The Hall–Kier alpha value is -1.31. The lowest BCUT2D eigenvalue weighted by Gasteiger charge is -2.24. The molecular weight excluding hydrogens is 418 g/mol. The number of nitrogens with zero attached hydrogens (tertiary/aromatic N) is 1. The molecular formula is C18H26FIN4. The Morgan fingerprint density at radius 3 is 2.83 bits per heavy atom. The van der Waals surface area contributed by atoms with Crippen molar-refractivity contribution in [1.82, 2.24) is 15.6 Å². The molecule has 4 nitrogen and oxygen atoms in total. The lowest BCUT2D eigenvalue weighted by Crippen LogP contribution is -2.44. The molecule has 1 aromatic carbocycles. The predicted octanol–water partition coefficient (Wildman–Crippen LogP) is 3.97. The fourth-order valence-electron chi connectivity index (χ4n) is 3.31. The average molecular weight is 444 g/mol. The van der Waals surface area contributed by atoms with Crippen LogP contribution in [0.4, 0.5) is 4.39 Å². The first kappa shape index (κ1) is 19.0. The Morgan fingerprint density at radius 1 is 1.29 bits per heavy atom. The minimum atomic E-state index is -0.193. The molecule has 24 heavy (non-hydrogen) atoms. The molecule has 1 heterocycles. The number of halogens is 2. The second-order valence-electron chi connectivity index (χ2n) is 6.23. The molecule has 1 fully saturated rings. The van der Waals surface area contributed by atoms with Gasteiger partial charge in [-0.25, -0.2) is 4.39 Å². The number of aromatic amines is 1. The summed E-state index contributed by atoms with van der Waals surface area (Å²) in [6, 6.07) is 5.40. The van der Waals surface area contributed by atoms with Crippen LogP contribution in [-0.2, 0) is 6.42 Å². The van der Waals surface area contributed by atoms with Crippen LogP contribution in [0.15, 0.2) is 29.4 Å². The third-order valence-corrected chi connectivity index (χ3v) is 4.59. The molecule has 0 aliphatic heterocycles. The summed E-state index contributed by atoms with van der Waals surface area (Å²) in [7, 11) is 1.80. The number of guanidine groups is 1. The summed E-state index contributed by atoms with van der Waals surface area (Å²) in [6.45, 7) is 0.774. The molecule has 0 unspecified atom stereocenters. The van der Waals surface area contributed by atoms with Crippen molar-refractivity contribution in [2.45, 2.75) is 44.6 Å². The number of H-pyrrole nitrogens is 1. The first-order valence-corrected chi connectivity index (χ1v) is 8.49. The van der Waals surface area contributed by atoms with Gasteiger partial charge in [0.2, 0.25) is 0 Å². The van der Waals surface area contributed by atoms with Crippen molar-refractivity contribution in [3.05, 3.63) is 35.8 Å². The highest BCUT2D eigenvalue weighted by molar-refractivity contribution is 14.0. The summed E-state index contributed by atoms with van der Waals surface area (Å²) in [6.07, 6.45) is 9.19. The van der Waals surface area contributed by atoms with Crippen LogP contribution in [0.1, 0.15) is 37.7 Å². The first-order valence-electron chi connectivity index (χ1n) is 8.49. The number of fused-ring (bicyclic) bond motifs is 1. The molecule has 0 bridgehead atoms. The van der Waals surface area contributed by atoms with Gasteiger partial charge in [-0.2, -0.15) is 0 Å². The molecule has 0 amide bonds. The van der Waals surface area contributed by atoms with Crippen LogP contribution in [0.25, 0.3) is 10.9 Å². The number of aliphatic imine (C=N–C) groups is 1. The Labute approximate surface area is 159 Å². The van der Waals surface area contributed by atoms with Crippen molar-refractivity contribution in [3.8, 4) is 0 Å². The quantitative estimate of drug-likeness (QED) is 0.380. The van der Waals surface area contributed by atoms with E-state index in [9.17, 15) is 4.39 Å². The van der Waals surface area contributed by atoms with Crippen molar-refractivity contribution >= 4 is 40.8 Å². The van der Waals surface area contributed by atoms with Crippen LogP contribution in [0.2, 0.25) is 0 Å². The smallest absolute Gasteiger partial charge is 0.191 e. The third-order valence-electron chi connectivity index (χ3n) is 4.59. The average Bonchev–Trinajstić information content (AvgIpc) is 2.97. The molecule has 3 N–H and O–H groups in total. The standard InChI is InChI=1S/C18H25FN4.HI/c1-20-18(23-15-5-3-2-4-6-15)21-10-9-13-12-22-17-8-7-14(19)11-16(13)17;/h7-8,11-12,15,22H,2-6,9-10H2,1H3,(H2,20,21,23);1H. The van der Waals surface area contributed by atoms with Crippen LogP contribution in [0.3, 0.4) is 0 Å². The zero-order valence-corrected chi connectivity index (χ0v) is 16.4. The summed E-state index contributed by atoms with van der Waals surface area (Å²) in [5.74, 6) is 0.670. The summed E-state index contributed by atoms with van der Waals surface area (Å²) >= 11 is 0. The molecule has 132 valence electrons. The van der Waals surface area contributed by atoms with Crippen LogP contribution < -0.4 is 10.6 Å². The maximum absolute atomic E-state index is 13.4. The van der Waals surface area contributed by atoms with Crippen LogP contribution in [0.5, 0.6) is 0 Å². The molecule has 1 aromatic heterocycles. The third kappa shape index (κ3) is 4.84. The normalized spacial score (nSPS) is 16.0. The van der Waals surface area contributed by atoms with E-state index < -0.39 is 0 Å². The van der Waals surface area contributed by atoms with Crippen molar-refractivity contribution in [3.63, 3.8) is 0 Å². The fourth-order valence-corrected chi connectivity index (χ4v) is 3.31. The maximum atomic E-state index is 13.4. The van der Waals surface area contributed by atoms with Gasteiger partial charge in [0.1, 0.15) is 5.82 Å². The van der Waals surface area contributed by atoms with E-state index in [4.69, 9.17) is 0 Å². The molecule has 6 heteroatoms.